The SMILES string of the molecule is CCOC(=O)CC=C1CC2CCC(C1)N2C(=O)OCc1ccccc1. The van der Waals surface area contributed by atoms with Crippen LogP contribution in [0.2, 0.25) is 0 Å². The van der Waals surface area contributed by atoms with Gasteiger partial charge in [0.15, 0.2) is 0 Å². The lowest BCUT2D eigenvalue weighted by molar-refractivity contribution is -0.142. The Bertz CT molecular complexity index is 624. The molecular weight excluding hydrogens is 318 g/mol. The lowest BCUT2D eigenvalue weighted by atomic mass is 9.96. The second kappa shape index (κ2) is 8.19. The summed E-state index contributed by atoms with van der Waals surface area (Å²) in [6.45, 7) is 2.53. The zero-order chi connectivity index (χ0) is 17.6. The number of amides is 1. The lowest BCUT2D eigenvalue weighted by Gasteiger charge is -2.35. The van der Waals surface area contributed by atoms with Gasteiger partial charge in [-0.2, -0.15) is 0 Å². The number of nitrogens with zero attached hydrogens (tertiary/aromatic N) is 1. The largest absolute Gasteiger partial charge is 0.466 e. The number of fused-ring (bicyclic) bond motifs is 2. The number of esters is 1. The molecule has 5 heteroatoms. The lowest BCUT2D eigenvalue weighted by Crippen LogP contribution is -2.44. The second-order valence-electron chi connectivity index (χ2n) is 6.61. The number of hydrogen-bond acceptors (Lipinski definition) is 4. The van der Waals surface area contributed by atoms with E-state index >= 15 is 0 Å². The predicted octanol–water partition coefficient (Wildman–Crippen LogP) is 3.83. The third kappa shape index (κ3) is 4.41. The van der Waals surface area contributed by atoms with Crippen LogP contribution < -0.4 is 0 Å². The van der Waals surface area contributed by atoms with Crippen molar-refractivity contribution in [2.24, 2.45) is 0 Å². The van der Waals surface area contributed by atoms with E-state index in [0.29, 0.717) is 19.6 Å². The molecule has 1 aromatic carbocycles. The number of benzene rings is 1. The summed E-state index contributed by atoms with van der Waals surface area (Å²) in [4.78, 5) is 25.9. The van der Waals surface area contributed by atoms with Gasteiger partial charge in [-0.25, -0.2) is 4.79 Å². The van der Waals surface area contributed by atoms with Gasteiger partial charge in [0.05, 0.1) is 13.0 Å². The molecule has 25 heavy (non-hydrogen) atoms. The van der Waals surface area contributed by atoms with E-state index in [2.05, 4.69) is 0 Å². The van der Waals surface area contributed by atoms with E-state index in [9.17, 15) is 9.59 Å². The van der Waals surface area contributed by atoms with Gasteiger partial charge < -0.3 is 14.4 Å². The normalized spacial score (nSPS) is 21.8. The quantitative estimate of drug-likeness (QED) is 0.602. The van der Waals surface area contributed by atoms with Crippen molar-refractivity contribution in [3.63, 3.8) is 0 Å². The summed E-state index contributed by atoms with van der Waals surface area (Å²) in [5.41, 5.74) is 2.25. The molecule has 0 radical (unpaired) electrons. The van der Waals surface area contributed by atoms with E-state index in [1.165, 1.54) is 5.57 Å². The summed E-state index contributed by atoms with van der Waals surface area (Å²) in [5, 5.41) is 0. The van der Waals surface area contributed by atoms with Gasteiger partial charge in [0.2, 0.25) is 0 Å². The first-order valence-corrected chi connectivity index (χ1v) is 9.00. The molecule has 0 N–H and O–H groups in total. The monoisotopic (exact) mass is 343 g/mol. The van der Waals surface area contributed by atoms with Gasteiger partial charge in [0.25, 0.3) is 0 Å². The highest BCUT2D eigenvalue weighted by Gasteiger charge is 2.42. The Hall–Kier alpha value is -2.30. The van der Waals surface area contributed by atoms with Crippen LogP contribution in [0.3, 0.4) is 0 Å². The van der Waals surface area contributed by atoms with E-state index < -0.39 is 0 Å². The number of hydrogen-bond donors (Lipinski definition) is 0. The average Bonchev–Trinajstić information content (AvgIpc) is 2.89. The molecule has 3 rings (SSSR count). The maximum atomic E-state index is 12.5. The van der Waals surface area contributed by atoms with E-state index in [0.717, 1.165) is 31.2 Å². The first-order chi connectivity index (χ1) is 12.2. The fourth-order valence-corrected chi connectivity index (χ4v) is 3.76. The predicted molar refractivity (Wildman–Crippen MR) is 93.8 cm³/mol. The van der Waals surface area contributed by atoms with Crippen LogP contribution in [-0.2, 0) is 20.9 Å². The van der Waals surface area contributed by atoms with Crippen LogP contribution in [-0.4, -0.2) is 35.7 Å². The highest BCUT2D eigenvalue weighted by Crippen LogP contribution is 2.39. The van der Waals surface area contributed by atoms with Gasteiger partial charge in [-0.3, -0.25) is 4.79 Å². The highest BCUT2D eigenvalue weighted by atomic mass is 16.6. The topological polar surface area (TPSA) is 55.8 Å². The van der Waals surface area contributed by atoms with Crippen molar-refractivity contribution in [2.45, 2.75) is 57.7 Å². The Kier molecular flexibility index (Phi) is 5.74. The summed E-state index contributed by atoms with van der Waals surface area (Å²) < 4.78 is 10.5. The Morgan fingerprint density at radius 1 is 1.12 bits per heavy atom. The minimum absolute atomic E-state index is 0.188. The minimum Gasteiger partial charge on any atom is -0.466 e. The van der Waals surface area contributed by atoms with Crippen molar-refractivity contribution < 1.29 is 19.1 Å². The third-order valence-corrected chi connectivity index (χ3v) is 4.89. The van der Waals surface area contributed by atoms with Gasteiger partial charge in [-0.15, -0.1) is 0 Å². The molecule has 0 spiro atoms. The Morgan fingerprint density at radius 3 is 2.44 bits per heavy atom. The molecular formula is C20H25NO4. The van der Waals surface area contributed by atoms with E-state index in [1.807, 2.05) is 48.2 Å². The molecule has 2 heterocycles. The smallest absolute Gasteiger partial charge is 0.410 e. The summed E-state index contributed by atoms with van der Waals surface area (Å²) in [6, 6.07) is 10.1. The van der Waals surface area contributed by atoms with Crippen molar-refractivity contribution in [1.82, 2.24) is 4.90 Å². The standard InChI is InChI=1S/C20H25NO4/c1-2-24-19(22)11-8-16-12-17-9-10-18(13-16)21(17)20(23)25-14-15-6-4-3-5-7-15/h3-8,17-18H,2,9-14H2,1H3. The van der Waals surface area contributed by atoms with Gasteiger partial charge >= 0.3 is 12.1 Å². The second-order valence-corrected chi connectivity index (χ2v) is 6.61. The number of piperidine rings is 1. The van der Waals surface area contributed by atoms with Gasteiger partial charge in [-0.05, 0) is 38.2 Å². The molecule has 2 saturated heterocycles. The molecule has 0 saturated carbocycles. The maximum Gasteiger partial charge on any atom is 0.410 e. The van der Waals surface area contributed by atoms with Gasteiger partial charge in [0, 0.05) is 12.1 Å². The zero-order valence-electron chi connectivity index (χ0n) is 14.6. The zero-order valence-corrected chi connectivity index (χ0v) is 14.6. The molecule has 2 atom stereocenters. The Morgan fingerprint density at radius 2 is 1.80 bits per heavy atom. The summed E-state index contributed by atoms with van der Waals surface area (Å²) in [6.07, 6.45) is 5.74. The van der Waals surface area contributed by atoms with E-state index in [1.54, 1.807) is 0 Å². The molecule has 0 aromatic heterocycles. The van der Waals surface area contributed by atoms with Crippen LogP contribution >= 0.6 is 0 Å². The minimum atomic E-state index is -0.221. The van der Waals surface area contributed by atoms with Gasteiger partial charge in [0.1, 0.15) is 6.61 Å². The molecule has 2 aliphatic heterocycles. The molecule has 2 bridgehead atoms. The summed E-state index contributed by atoms with van der Waals surface area (Å²) >= 11 is 0. The number of carbonyl (C=O) groups excluding carboxylic acids is 2. The number of rotatable bonds is 5. The van der Waals surface area contributed by atoms with Crippen molar-refractivity contribution in [3.05, 3.63) is 47.5 Å². The van der Waals surface area contributed by atoms with Gasteiger partial charge in [-0.1, -0.05) is 42.0 Å². The van der Waals surface area contributed by atoms with Crippen molar-refractivity contribution in [3.8, 4) is 0 Å². The molecule has 2 unspecified atom stereocenters. The molecule has 2 fully saturated rings. The van der Waals surface area contributed by atoms with Crippen LogP contribution in [0, 0.1) is 0 Å². The maximum absolute atomic E-state index is 12.5. The summed E-state index contributed by atoms with van der Waals surface area (Å²) in [5.74, 6) is -0.188. The first kappa shape index (κ1) is 17.5. The molecule has 134 valence electrons. The molecule has 5 nitrogen and oxygen atoms in total. The van der Waals surface area contributed by atoms with Crippen LogP contribution in [0.15, 0.2) is 42.0 Å². The molecule has 1 aromatic rings. The fraction of sp³-hybridized carbons (Fsp3) is 0.500. The van der Waals surface area contributed by atoms with Crippen molar-refractivity contribution >= 4 is 12.1 Å². The van der Waals surface area contributed by atoms with Crippen LogP contribution in [0.1, 0.15) is 44.6 Å². The van der Waals surface area contributed by atoms with E-state index in [-0.39, 0.29) is 24.1 Å². The van der Waals surface area contributed by atoms with E-state index in [4.69, 9.17) is 9.47 Å². The number of carbonyl (C=O) groups is 2. The Labute approximate surface area is 148 Å². The fourth-order valence-electron chi connectivity index (χ4n) is 3.76. The number of ether oxygens (including phenoxy) is 2. The van der Waals surface area contributed by atoms with Crippen LogP contribution in [0.5, 0.6) is 0 Å². The molecule has 2 aliphatic rings. The first-order valence-electron chi connectivity index (χ1n) is 9.00. The summed E-state index contributed by atoms with van der Waals surface area (Å²) in [7, 11) is 0. The molecule has 0 aliphatic carbocycles. The third-order valence-electron chi connectivity index (χ3n) is 4.89. The van der Waals surface area contributed by atoms with Crippen molar-refractivity contribution in [1.29, 1.82) is 0 Å². The van der Waals surface area contributed by atoms with Crippen LogP contribution in [0.4, 0.5) is 4.79 Å². The Balaban J connectivity index is 1.54. The van der Waals surface area contributed by atoms with Crippen LogP contribution in [0.25, 0.3) is 0 Å². The highest BCUT2D eigenvalue weighted by molar-refractivity contribution is 5.71. The molecule has 1 amide bonds. The van der Waals surface area contributed by atoms with Crippen molar-refractivity contribution in [2.75, 3.05) is 6.61 Å². The average molecular weight is 343 g/mol.